The molecule has 0 heterocycles. The number of benzene rings is 1. The molecule has 4 nitrogen and oxygen atoms in total. The fourth-order valence-corrected chi connectivity index (χ4v) is 2.08. The summed E-state index contributed by atoms with van der Waals surface area (Å²) in [5.41, 5.74) is 1.48. The zero-order valence-electron chi connectivity index (χ0n) is 10.00. The van der Waals surface area contributed by atoms with Gasteiger partial charge in [0.1, 0.15) is 5.75 Å². The van der Waals surface area contributed by atoms with Crippen LogP contribution in [0.2, 0.25) is 0 Å². The quantitative estimate of drug-likeness (QED) is 0.808. The third-order valence-electron chi connectivity index (χ3n) is 2.22. The van der Waals surface area contributed by atoms with Crippen molar-refractivity contribution in [1.29, 1.82) is 0 Å². The van der Waals surface area contributed by atoms with Crippen LogP contribution in [0.4, 0.5) is 0 Å². The van der Waals surface area contributed by atoms with Crippen molar-refractivity contribution in [1.82, 2.24) is 5.32 Å². The smallest absolute Gasteiger partial charge is 0.258 e. The fraction of sp³-hybridized carbons (Fsp3) is 0.308. The lowest BCUT2D eigenvalue weighted by Gasteiger charge is -2.13. The number of aliphatic hydroxyl groups excluding tert-OH is 1. The van der Waals surface area contributed by atoms with E-state index in [0.717, 1.165) is 10.0 Å². The topological polar surface area (TPSA) is 58.6 Å². The van der Waals surface area contributed by atoms with E-state index in [4.69, 9.17) is 11.2 Å². The van der Waals surface area contributed by atoms with Crippen molar-refractivity contribution in [3.63, 3.8) is 0 Å². The van der Waals surface area contributed by atoms with E-state index in [-0.39, 0.29) is 25.7 Å². The number of hydrogen-bond acceptors (Lipinski definition) is 3. The Kier molecular flexibility index (Phi) is 5.69. The van der Waals surface area contributed by atoms with Gasteiger partial charge >= 0.3 is 0 Å². The number of ether oxygens (including phenoxy) is 1. The number of carbonyl (C=O) groups is 1. The molecule has 0 radical (unpaired) electrons. The minimum Gasteiger partial charge on any atom is -0.483 e. The molecule has 0 aromatic heterocycles. The first-order valence-electron chi connectivity index (χ1n) is 5.31. The highest BCUT2D eigenvalue weighted by atomic mass is 79.9. The molecule has 0 bridgehead atoms. The predicted octanol–water partition coefficient (Wildman–Crippen LogP) is 1.38. The van der Waals surface area contributed by atoms with Crippen LogP contribution in [0.1, 0.15) is 11.1 Å². The Hall–Kier alpha value is -1.51. The summed E-state index contributed by atoms with van der Waals surface area (Å²) < 4.78 is 6.27. The average Bonchev–Trinajstić information content (AvgIpc) is 2.34. The molecule has 0 atom stereocenters. The van der Waals surface area contributed by atoms with Crippen molar-refractivity contribution in [3.8, 4) is 18.1 Å². The number of aliphatic hydroxyl groups is 1. The summed E-state index contributed by atoms with van der Waals surface area (Å²) in [5, 5.41) is 11.7. The molecule has 0 aliphatic carbocycles. The Morgan fingerprint density at radius 1 is 1.61 bits per heavy atom. The van der Waals surface area contributed by atoms with Crippen LogP contribution in [0, 0.1) is 19.3 Å². The van der Waals surface area contributed by atoms with Gasteiger partial charge in [0.2, 0.25) is 0 Å². The molecular formula is C13H14BrNO3. The van der Waals surface area contributed by atoms with Gasteiger partial charge in [-0.05, 0) is 24.6 Å². The molecule has 0 aliphatic rings. The first-order chi connectivity index (χ1) is 8.58. The number of aryl methyl sites for hydroxylation is 1. The molecule has 0 aliphatic heterocycles. The van der Waals surface area contributed by atoms with Crippen LogP contribution in [0.3, 0.4) is 0 Å². The average molecular weight is 312 g/mol. The van der Waals surface area contributed by atoms with Gasteiger partial charge in [0.05, 0.1) is 13.2 Å². The molecular weight excluding hydrogens is 298 g/mol. The van der Waals surface area contributed by atoms with Crippen LogP contribution in [0.15, 0.2) is 16.6 Å². The summed E-state index contributed by atoms with van der Waals surface area (Å²) in [6.07, 6.45) is 5.03. The lowest BCUT2D eigenvalue weighted by molar-refractivity contribution is -0.122. The Labute approximate surface area is 114 Å². The van der Waals surface area contributed by atoms with Crippen LogP contribution < -0.4 is 10.1 Å². The molecule has 1 rings (SSSR count). The molecule has 0 unspecified atom stereocenters. The second kappa shape index (κ2) is 7.04. The van der Waals surface area contributed by atoms with Gasteiger partial charge in [0.25, 0.3) is 5.91 Å². The summed E-state index contributed by atoms with van der Waals surface area (Å²) >= 11 is 3.33. The molecule has 96 valence electrons. The predicted molar refractivity (Wildman–Crippen MR) is 72.1 cm³/mol. The van der Waals surface area contributed by atoms with Gasteiger partial charge in [-0.3, -0.25) is 4.79 Å². The Bertz CT molecular complexity index is 480. The van der Waals surface area contributed by atoms with Gasteiger partial charge in [-0.25, -0.2) is 0 Å². The summed E-state index contributed by atoms with van der Waals surface area (Å²) in [5.74, 6) is 2.54. The zero-order chi connectivity index (χ0) is 13.5. The van der Waals surface area contributed by atoms with Gasteiger partial charge in [-0.2, -0.15) is 0 Å². The highest BCUT2D eigenvalue weighted by Gasteiger charge is 2.10. The third kappa shape index (κ3) is 4.06. The lowest BCUT2D eigenvalue weighted by atomic mass is 10.1. The second-order valence-electron chi connectivity index (χ2n) is 3.64. The van der Waals surface area contributed by atoms with E-state index in [0.29, 0.717) is 11.3 Å². The maximum atomic E-state index is 11.3. The number of hydrogen-bond donors (Lipinski definition) is 2. The largest absolute Gasteiger partial charge is 0.483 e. The van der Waals surface area contributed by atoms with Crippen LogP contribution in [0.5, 0.6) is 5.75 Å². The molecule has 0 saturated heterocycles. The molecule has 1 aromatic rings. The van der Waals surface area contributed by atoms with E-state index in [1.54, 1.807) is 6.07 Å². The second-order valence-corrected chi connectivity index (χ2v) is 4.55. The first kappa shape index (κ1) is 14.6. The molecule has 5 heteroatoms. The van der Waals surface area contributed by atoms with Crippen LogP contribution in [-0.4, -0.2) is 24.2 Å². The molecule has 18 heavy (non-hydrogen) atoms. The minimum atomic E-state index is -0.292. The van der Waals surface area contributed by atoms with E-state index in [1.807, 2.05) is 13.0 Å². The summed E-state index contributed by atoms with van der Waals surface area (Å²) in [7, 11) is 0. The SMILES string of the molecule is C#CCNC(=O)COc1c(C)cc(Br)cc1CO. The summed E-state index contributed by atoms with van der Waals surface area (Å²) in [4.78, 5) is 11.3. The van der Waals surface area contributed by atoms with E-state index < -0.39 is 0 Å². The monoisotopic (exact) mass is 311 g/mol. The maximum Gasteiger partial charge on any atom is 0.258 e. The molecule has 0 saturated carbocycles. The fourth-order valence-electron chi connectivity index (χ4n) is 1.46. The molecule has 1 aromatic carbocycles. The van der Waals surface area contributed by atoms with E-state index in [1.165, 1.54) is 0 Å². The van der Waals surface area contributed by atoms with Gasteiger partial charge in [-0.15, -0.1) is 6.42 Å². The highest BCUT2D eigenvalue weighted by molar-refractivity contribution is 9.10. The van der Waals surface area contributed by atoms with Crippen molar-refractivity contribution in [2.75, 3.05) is 13.2 Å². The number of carbonyl (C=O) groups excluding carboxylic acids is 1. The van der Waals surface area contributed by atoms with Crippen molar-refractivity contribution in [2.45, 2.75) is 13.5 Å². The Morgan fingerprint density at radius 2 is 2.33 bits per heavy atom. The van der Waals surface area contributed by atoms with Crippen LogP contribution >= 0.6 is 15.9 Å². The van der Waals surface area contributed by atoms with E-state index in [2.05, 4.69) is 27.2 Å². The standard InChI is InChI=1S/C13H14BrNO3/c1-3-4-15-12(17)8-18-13-9(2)5-11(14)6-10(13)7-16/h1,5-6,16H,4,7-8H2,2H3,(H,15,17). The molecule has 2 N–H and O–H groups in total. The van der Waals surface area contributed by atoms with Crippen LogP contribution in [0.25, 0.3) is 0 Å². The molecule has 0 fully saturated rings. The van der Waals surface area contributed by atoms with Gasteiger partial charge in [0, 0.05) is 10.0 Å². The van der Waals surface area contributed by atoms with Gasteiger partial charge in [-0.1, -0.05) is 21.9 Å². The zero-order valence-corrected chi connectivity index (χ0v) is 11.6. The third-order valence-corrected chi connectivity index (χ3v) is 2.68. The van der Waals surface area contributed by atoms with Crippen LogP contribution in [-0.2, 0) is 11.4 Å². The molecule has 0 spiro atoms. The highest BCUT2D eigenvalue weighted by Crippen LogP contribution is 2.28. The van der Waals surface area contributed by atoms with Crippen molar-refractivity contribution >= 4 is 21.8 Å². The Balaban J connectivity index is 2.73. The van der Waals surface area contributed by atoms with Crippen molar-refractivity contribution in [3.05, 3.63) is 27.7 Å². The van der Waals surface area contributed by atoms with E-state index >= 15 is 0 Å². The maximum absolute atomic E-state index is 11.3. The van der Waals surface area contributed by atoms with Gasteiger partial charge < -0.3 is 15.2 Å². The summed E-state index contributed by atoms with van der Waals surface area (Å²) in [6.45, 7) is 1.74. The number of halogens is 1. The summed E-state index contributed by atoms with van der Waals surface area (Å²) in [6, 6.07) is 3.61. The minimum absolute atomic E-state index is 0.128. The lowest BCUT2D eigenvalue weighted by Crippen LogP contribution is -2.29. The first-order valence-corrected chi connectivity index (χ1v) is 6.10. The van der Waals surface area contributed by atoms with Gasteiger partial charge in [0.15, 0.2) is 6.61 Å². The van der Waals surface area contributed by atoms with Crippen molar-refractivity contribution < 1.29 is 14.6 Å². The number of rotatable bonds is 5. The normalized spacial score (nSPS) is 9.67. The molecule has 1 amide bonds. The van der Waals surface area contributed by atoms with E-state index in [9.17, 15) is 9.90 Å². The number of amides is 1. The van der Waals surface area contributed by atoms with Crippen molar-refractivity contribution in [2.24, 2.45) is 0 Å². The number of terminal acetylenes is 1. The Morgan fingerprint density at radius 3 is 2.94 bits per heavy atom. The number of nitrogens with one attached hydrogen (secondary N) is 1.